The summed E-state index contributed by atoms with van der Waals surface area (Å²) in [5, 5.41) is 8.50. The van der Waals surface area contributed by atoms with E-state index in [2.05, 4.69) is 0 Å². The maximum atomic E-state index is 12.5. The molecule has 0 bridgehead atoms. The molecule has 23 heavy (non-hydrogen) atoms. The number of halogens is 3. The lowest BCUT2D eigenvalue weighted by molar-refractivity contribution is -0.137. The Balaban J connectivity index is 2.09. The fourth-order valence-corrected chi connectivity index (χ4v) is 4.00. The molecular weight excluding hydrogens is 329 g/mol. The zero-order valence-electron chi connectivity index (χ0n) is 12.4. The van der Waals surface area contributed by atoms with Crippen LogP contribution in [0.15, 0.2) is 24.3 Å². The molecule has 1 aliphatic rings. The molecule has 0 radical (unpaired) electrons. The Morgan fingerprint density at radius 2 is 1.83 bits per heavy atom. The maximum absolute atomic E-state index is 12.5. The number of alkyl halides is 3. The Kier molecular flexibility index (Phi) is 5.32. The second kappa shape index (κ2) is 6.89. The number of benzene rings is 1. The summed E-state index contributed by atoms with van der Waals surface area (Å²) in [7, 11) is -3.51. The van der Waals surface area contributed by atoms with Crippen LogP contribution in [-0.2, 0) is 22.7 Å². The fraction of sp³-hybridized carbons (Fsp3) is 0.533. The van der Waals surface area contributed by atoms with Crippen molar-refractivity contribution >= 4 is 10.0 Å². The average molecular weight is 346 g/mol. The molecule has 8 heteroatoms. The molecule has 0 heterocycles. The third-order valence-corrected chi connectivity index (χ3v) is 5.57. The second-order valence-corrected chi connectivity index (χ2v) is 7.59. The monoisotopic (exact) mass is 346 g/mol. The van der Waals surface area contributed by atoms with Crippen LogP contribution in [0.3, 0.4) is 0 Å². The Morgan fingerprint density at radius 3 is 2.30 bits per heavy atom. The molecule has 0 unspecified atom stereocenters. The van der Waals surface area contributed by atoms with Gasteiger partial charge in [-0.2, -0.15) is 22.7 Å². The molecule has 1 aromatic rings. The van der Waals surface area contributed by atoms with Crippen molar-refractivity contribution in [3.8, 4) is 6.07 Å². The smallest absolute Gasteiger partial charge is 0.212 e. The number of rotatable bonds is 7. The molecule has 0 aliphatic heterocycles. The number of nitriles is 1. The lowest BCUT2D eigenvalue weighted by Crippen LogP contribution is -2.34. The molecule has 0 saturated heterocycles. The van der Waals surface area contributed by atoms with Crippen LogP contribution in [0, 0.1) is 11.3 Å². The summed E-state index contributed by atoms with van der Waals surface area (Å²) in [4.78, 5) is 0. The van der Waals surface area contributed by atoms with Gasteiger partial charge in [0.15, 0.2) is 0 Å². The molecule has 1 aromatic carbocycles. The fourth-order valence-electron chi connectivity index (χ4n) is 2.25. The third kappa shape index (κ3) is 4.94. The van der Waals surface area contributed by atoms with Crippen molar-refractivity contribution in [3.63, 3.8) is 0 Å². The van der Waals surface area contributed by atoms with E-state index in [0.717, 1.165) is 25.0 Å². The van der Waals surface area contributed by atoms with Gasteiger partial charge in [0.05, 0.1) is 17.4 Å². The van der Waals surface area contributed by atoms with E-state index in [4.69, 9.17) is 5.26 Å². The van der Waals surface area contributed by atoms with Gasteiger partial charge in [-0.1, -0.05) is 12.1 Å². The molecule has 1 saturated carbocycles. The molecule has 0 N–H and O–H groups in total. The quantitative estimate of drug-likeness (QED) is 0.712. The van der Waals surface area contributed by atoms with Crippen LogP contribution in [0.2, 0.25) is 0 Å². The summed E-state index contributed by atoms with van der Waals surface area (Å²) in [6.07, 6.45) is -2.46. The zero-order chi connectivity index (χ0) is 17.1. The first kappa shape index (κ1) is 17.8. The summed E-state index contributed by atoms with van der Waals surface area (Å²) in [6.45, 7) is 0.0672. The second-order valence-electron chi connectivity index (χ2n) is 5.55. The molecule has 1 fully saturated rings. The van der Waals surface area contributed by atoms with E-state index in [1.54, 1.807) is 0 Å². The highest BCUT2D eigenvalue weighted by molar-refractivity contribution is 7.89. The van der Waals surface area contributed by atoms with Crippen molar-refractivity contribution in [2.75, 3.05) is 5.75 Å². The van der Waals surface area contributed by atoms with Crippen LogP contribution in [0.4, 0.5) is 13.2 Å². The van der Waals surface area contributed by atoms with E-state index >= 15 is 0 Å². The van der Waals surface area contributed by atoms with Crippen LogP contribution in [-0.4, -0.2) is 24.5 Å². The lowest BCUT2D eigenvalue weighted by Gasteiger charge is -2.22. The first-order chi connectivity index (χ1) is 10.7. The van der Waals surface area contributed by atoms with Crippen LogP contribution in [0.5, 0.6) is 0 Å². The molecule has 0 amide bonds. The number of hydrogen-bond donors (Lipinski definition) is 0. The summed E-state index contributed by atoms with van der Waals surface area (Å²) >= 11 is 0. The predicted molar refractivity (Wildman–Crippen MR) is 78.6 cm³/mol. The Labute approximate surface area is 133 Å². The molecule has 1 aliphatic carbocycles. The van der Waals surface area contributed by atoms with E-state index in [0.29, 0.717) is 5.56 Å². The van der Waals surface area contributed by atoms with E-state index in [1.807, 2.05) is 6.07 Å². The Bertz CT molecular complexity index is 674. The van der Waals surface area contributed by atoms with Crippen molar-refractivity contribution in [1.82, 2.24) is 4.31 Å². The van der Waals surface area contributed by atoms with Gasteiger partial charge in [0.25, 0.3) is 0 Å². The standard InChI is InChI=1S/C15H17F3N2O2S/c16-15(17,18)13-5-3-12(4-6-13)11-20(14-7-8-14)23(21,22)10-2-1-9-19/h3-6,14H,1-2,7-8,10-11H2. The van der Waals surface area contributed by atoms with Crippen LogP contribution in [0.1, 0.15) is 36.8 Å². The zero-order valence-corrected chi connectivity index (χ0v) is 13.2. The van der Waals surface area contributed by atoms with Gasteiger partial charge in [-0.15, -0.1) is 0 Å². The summed E-state index contributed by atoms with van der Waals surface area (Å²) in [5.41, 5.74) is -0.232. The van der Waals surface area contributed by atoms with Gasteiger partial charge < -0.3 is 0 Å². The third-order valence-electron chi connectivity index (χ3n) is 3.62. The van der Waals surface area contributed by atoms with Gasteiger partial charge in [0, 0.05) is 19.0 Å². The molecule has 2 rings (SSSR count). The van der Waals surface area contributed by atoms with Crippen LogP contribution < -0.4 is 0 Å². The maximum Gasteiger partial charge on any atom is 0.416 e. The minimum Gasteiger partial charge on any atom is -0.212 e. The van der Waals surface area contributed by atoms with E-state index < -0.39 is 21.8 Å². The lowest BCUT2D eigenvalue weighted by atomic mass is 10.1. The number of nitrogens with zero attached hydrogens (tertiary/aromatic N) is 2. The Morgan fingerprint density at radius 1 is 1.22 bits per heavy atom. The minimum atomic E-state index is -4.40. The van der Waals surface area contributed by atoms with Gasteiger partial charge in [0.1, 0.15) is 0 Å². The topological polar surface area (TPSA) is 61.2 Å². The summed E-state index contributed by atoms with van der Waals surface area (Å²) in [6, 6.07) is 6.36. The largest absolute Gasteiger partial charge is 0.416 e. The highest BCUT2D eigenvalue weighted by atomic mass is 32.2. The van der Waals surface area contributed by atoms with Gasteiger partial charge in [-0.3, -0.25) is 0 Å². The minimum absolute atomic E-state index is 0.0672. The van der Waals surface area contributed by atoms with Crippen molar-refractivity contribution in [2.24, 2.45) is 0 Å². The summed E-state index contributed by atoms with van der Waals surface area (Å²) in [5.74, 6) is -0.113. The summed E-state index contributed by atoms with van der Waals surface area (Å²) < 4.78 is 63.7. The normalized spacial score (nSPS) is 15.6. The van der Waals surface area contributed by atoms with E-state index in [1.165, 1.54) is 16.4 Å². The van der Waals surface area contributed by atoms with Gasteiger partial charge in [-0.05, 0) is 37.0 Å². The Hall–Kier alpha value is -1.59. The van der Waals surface area contributed by atoms with Crippen molar-refractivity contribution in [1.29, 1.82) is 5.26 Å². The average Bonchev–Trinajstić information content (AvgIpc) is 3.29. The molecule has 0 atom stereocenters. The molecular formula is C15H17F3N2O2S. The van der Waals surface area contributed by atoms with Crippen LogP contribution >= 0.6 is 0 Å². The first-order valence-corrected chi connectivity index (χ1v) is 8.87. The van der Waals surface area contributed by atoms with Crippen molar-refractivity contribution < 1.29 is 21.6 Å². The van der Waals surface area contributed by atoms with Crippen LogP contribution in [0.25, 0.3) is 0 Å². The van der Waals surface area contributed by atoms with Crippen molar-refractivity contribution in [3.05, 3.63) is 35.4 Å². The van der Waals surface area contributed by atoms with Gasteiger partial charge >= 0.3 is 6.18 Å². The van der Waals surface area contributed by atoms with Gasteiger partial charge in [-0.25, -0.2) is 8.42 Å². The SMILES string of the molecule is N#CCCCS(=O)(=O)N(Cc1ccc(C(F)(F)F)cc1)C1CC1. The molecule has 0 spiro atoms. The van der Waals surface area contributed by atoms with Gasteiger partial charge in [0.2, 0.25) is 10.0 Å². The molecule has 4 nitrogen and oxygen atoms in total. The number of unbranched alkanes of at least 4 members (excludes halogenated alkanes) is 1. The molecule has 0 aromatic heterocycles. The van der Waals surface area contributed by atoms with E-state index in [-0.39, 0.29) is 31.2 Å². The predicted octanol–water partition coefficient (Wildman–Crippen LogP) is 3.30. The highest BCUT2D eigenvalue weighted by Gasteiger charge is 2.37. The first-order valence-electron chi connectivity index (χ1n) is 7.26. The number of sulfonamides is 1. The highest BCUT2D eigenvalue weighted by Crippen LogP contribution is 2.32. The number of hydrogen-bond acceptors (Lipinski definition) is 3. The van der Waals surface area contributed by atoms with Crippen molar-refractivity contribution in [2.45, 2.75) is 44.4 Å². The van der Waals surface area contributed by atoms with E-state index in [9.17, 15) is 21.6 Å². The molecule has 126 valence electrons.